The largest absolute Gasteiger partial charge is 0.0654 e. The summed E-state index contributed by atoms with van der Waals surface area (Å²) in [6, 6.07) is 15.6. The zero-order valence-electron chi connectivity index (χ0n) is 11.7. The van der Waals surface area contributed by atoms with Gasteiger partial charge in [-0.05, 0) is 28.7 Å². The van der Waals surface area contributed by atoms with E-state index in [0.717, 1.165) is 5.92 Å². The molecule has 2 aromatic carbocycles. The first-order valence-corrected chi connectivity index (χ1v) is 7.31. The zero-order chi connectivity index (χ0) is 12.8. The van der Waals surface area contributed by atoms with E-state index >= 15 is 0 Å². The van der Waals surface area contributed by atoms with Crippen LogP contribution in [0.15, 0.2) is 42.5 Å². The molecule has 0 saturated carbocycles. The molecule has 2 aromatic rings. The lowest BCUT2D eigenvalue weighted by Gasteiger charge is -2.14. The van der Waals surface area contributed by atoms with Crippen molar-refractivity contribution < 1.29 is 0 Å². The Bertz CT molecular complexity index is 484. The van der Waals surface area contributed by atoms with Gasteiger partial charge in [0.2, 0.25) is 0 Å². The minimum atomic E-state index is 0.853. The third-order valence-electron chi connectivity index (χ3n) is 3.88. The smallest absolute Gasteiger partial charge is 0.0181 e. The van der Waals surface area contributed by atoms with Gasteiger partial charge in [-0.1, -0.05) is 82.0 Å². The van der Waals surface area contributed by atoms with Gasteiger partial charge < -0.3 is 0 Å². The molecule has 0 aliphatic carbocycles. The van der Waals surface area contributed by atoms with Crippen LogP contribution in [0.2, 0.25) is 0 Å². The van der Waals surface area contributed by atoms with Crippen LogP contribution in [0.4, 0.5) is 0 Å². The Hall–Kier alpha value is -1.30. The number of hydrogen-bond donors (Lipinski definition) is 0. The van der Waals surface area contributed by atoms with Crippen LogP contribution in [-0.4, -0.2) is 0 Å². The summed E-state index contributed by atoms with van der Waals surface area (Å²) in [6.07, 6.45) is 6.59. The fourth-order valence-corrected chi connectivity index (χ4v) is 2.64. The Labute approximate surface area is 111 Å². The Morgan fingerprint density at radius 2 is 1.72 bits per heavy atom. The van der Waals surface area contributed by atoms with Crippen LogP contribution in [0.3, 0.4) is 0 Å². The number of hydrogen-bond acceptors (Lipinski definition) is 0. The predicted octanol–water partition coefficient (Wildman–Crippen LogP) is 5.60. The second-order valence-corrected chi connectivity index (χ2v) is 5.30. The highest BCUT2D eigenvalue weighted by molar-refractivity contribution is 5.82. The van der Waals surface area contributed by atoms with Crippen LogP contribution in [0.5, 0.6) is 0 Å². The van der Waals surface area contributed by atoms with Gasteiger partial charge in [-0.3, -0.25) is 0 Å². The molecule has 0 heterocycles. The lowest BCUT2D eigenvalue weighted by Crippen LogP contribution is -2.03. The van der Waals surface area contributed by atoms with Crippen molar-refractivity contribution >= 4 is 10.8 Å². The molecule has 0 spiro atoms. The number of fused-ring (bicyclic) bond motifs is 1. The Morgan fingerprint density at radius 1 is 0.944 bits per heavy atom. The first kappa shape index (κ1) is 13.1. The van der Waals surface area contributed by atoms with Crippen molar-refractivity contribution in [3.05, 3.63) is 48.0 Å². The Kier molecular flexibility index (Phi) is 4.81. The van der Waals surface area contributed by atoms with Gasteiger partial charge in [0.25, 0.3) is 0 Å². The van der Waals surface area contributed by atoms with Crippen molar-refractivity contribution in [1.82, 2.24) is 0 Å². The molecule has 0 heteroatoms. The van der Waals surface area contributed by atoms with E-state index in [-0.39, 0.29) is 0 Å². The van der Waals surface area contributed by atoms with Crippen molar-refractivity contribution in [3.8, 4) is 0 Å². The predicted molar refractivity (Wildman–Crippen MR) is 81.0 cm³/mol. The van der Waals surface area contributed by atoms with Crippen molar-refractivity contribution in [2.24, 2.45) is 5.92 Å². The average Bonchev–Trinajstić information content (AvgIpc) is 2.43. The molecule has 0 saturated heterocycles. The SMILES string of the molecule is CCCCC(CC)Cc1ccc2ccccc2c1. The van der Waals surface area contributed by atoms with Gasteiger partial charge in [-0.2, -0.15) is 0 Å². The quantitative estimate of drug-likeness (QED) is 0.616. The van der Waals surface area contributed by atoms with Crippen LogP contribution < -0.4 is 0 Å². The molecule has 0 nitrogen and oxygen atoms in total. The van der Waals surface area contributed by atoms with E-state index in [1.807, 2.05) is 0 Å². The maximum atomic E-state index is 2.37. The molecule has 0 fully saturated rings. The summed E-state index contributed by atoms with van der Waals surface area (Å²) in [4.78, 5) is 0. The Balaban J connectivity index is 2.10. The van der Waals surface area contributed by atoms with Gasteiger partial charge in [0.1, 0.15) is 0 Å². The first-order chi connectivity index (χ1) is 8.83. The van der Waals surface area contributed by atoms with E-state index in [1.54, 1.807) is 0 Å². The van der Waals surface area contributed by atoms with Crippen LogP contribution in [0.25, 0.3) is 10.8 Å². The third-order valence-corrected chi connectivity index (χ3v) is 3.88. The minimum Gasteiger partial charge on any atom is -0.0654 e. The van der Waals surface area contributed by atoms with Gasteiger partial charge in [-0.25, -0.2) is 0 Å². The summed E-state index contributed by atoms with van der Waals surface area (Å²) in [5.41, 5.74) is 1.50. The molecule has 0 aliphatic rings. The molecule has 0 radical (unpaired) electrons. The molecule has 0 aromatic heterocycles. The van der Waals surface area contributed by atoms with Gasteiger partial charge in [0, 0.05) is 0 Å². The maximum absolute atomic E-state index is 2.37. The summed E-state index contributed by atoms with van der Waals surface area (Å²) >= 11 is 0. The number of unbranched alkanes of at least 4 members (excludes halogenated alkanes) is 1. The fourth-order valence-electron chi connectivity index (χ4n) is 2.64. The molecule has 1 unspecified atom stereocenters. The second-order valence-electron chi connectivity index (χ2n) is 5.30. The zero-order valence-corrected chi connectivity index (χ0v) is 11.7. The van der Waals surface area contributed by atoms with Crippen molar-refractivity contribution in [1.29, 1.82) is 0 Å². The average molecular weight is 240 g/mol. The molecule has 0 N–H and O–H groups in total. The summed E-state index contributed by atoms with van der Waals surface area (Å²) in [7, 11) is 0. The van der Waals surface area contributed by atoms with E-state index in [4.69, 9.17) is 0 Å². The van der Waals surface area contributed by atoms with Crippen LogP contribution in [0, 0.1) is 5.92 Å². The first-order valence-electron chi connectivity index (χ1n) is 7.31. The highest BCUT2D eigenvalue weighted by atomic mass is 14.1. The molecular weight excluding hydrogens is 216 g/mol. The van der Waals surface area contributed by atoms with Gasteiger partial charge >= 0.3 is 0 Å². The molecule has 2 rings (SSSR count). The van der Waals surface area contributed by atoms with E-state index in [9.17, 15) is 0 Å². The summed E-state index contributed by atoms with van der Waals surface area (Å²) in [5.74, 6) is 0.853. The highest BCUT2D eigenvalue weighted by Crippen LogP contribution is 2.22. The van der Waals surface area contributed by atoms with E-state index in [2.05, 4.69) is 56.3 Å². The third kappa shape index (κ3) is 3.35. The highest BCUT2D eigenvalue weighted by Gasteiger charge is 2.07. The van der Waals surface area contributed by atoms with Gasteiger partial charge in [-0.15, -0.1) is 0 Å². The normalized spacial score (nSPS) is 12.8. The van der Waals surface area contributed by atoms with Crippen LogP contribution in [0.1, 0.15) is 45.1 Å². The molecule has 0 amide bonds. The standard InChI is InChI=1S/C18H24/c1-3-5-8-15(4-2)13-16-11-12-17-9-6-7-10-18(17)14-16/h6-7,9-12,14-15H,3-5,8,13H2,1-2H3. The van der Waals surface area contributed by atoms with Crippen molar-refractivity contribution in [3.63, 3.8) is 0 Å². The molecule has 1 atom stereocenters. The molecule has 96 valence electrons. The minimum absolute atomic E-state index is 0.853. The second kappa shape index (κ2) is 6.58. The monoisotopic (exact) mass is 240 g/mol. The maximum Gasteiger partial charge on any atom is -0.0181 e. The number of rotatable bonds is 6. The summed E-state index contributed by atoms with van der Waals surface area (Å²) in [5, 5.41) is 2.73. The molecule has 0 aliphatic heterocycles. The van der Waals surface area contributed by atoms with E-state index in [1.165, 1.54) is 48.4 Å². The molecule has 18 heavy (non-hydrogen) atoms. The van der Waals surface area contributed by atoms with Gasteiger partial charge in [0.15, 0.2) is 0 Å². The molecular formula is C18H24. The van der Waals surface area contributed by atoms with Crippen LogP contribution in [-0.2, 0) is 6.42 Å². The fraction of sp³-hybridized carbons (Fsp3) is 0.444. The van der Waals surface area contributed by atoms with E-state index < -0.39 is 0 Å². The number of benzene rings is 2. The van der Waals surface area contributed by atoms with Crippen molar-refractivity contribution in [2.75, 3.05) is 0 Å². The van der Waals surface area contributed by atoms with E-state index in [0.29, 0.717) is 0 Å². The topological polar surface area (TPSA) is 0 Å². The lowest BCUT2D eigenvalue weighted by atomic mass is 9.91. The van der Waals surface area contributed by atoms with Crippen LogP contribution >= 0.6 is 0 Å². The lowest BCUT2D eigenvalue weighted by molar-refractivity contribution is 0.449. The summed E-state index contributed by atoms with van der Waals surface area (Å²) in [6.45, 7) is 4.60. The van der Waals surface area contributed by atoms with Gasteiger partial charge in [0.05, 0.1) is 0 Å². The molecule has 0 bridgehead atoms. The summed E-state index contributed by atoms with van der Waals surface area (Å²) < 4.78 is 0. The Morgan fingerprint density at radius 3 is 2.44 bits per heavy atom. The van der Waals surface area contributed by atoms with Crippen molar-refractivity contribution in [2.45, 2.75) is 46.0 Å².